The number of amides is 2. The van der Waals surface area contributed by atoms with E-state index in [0.29, 0.717) is 11.3 Å². The number of rotatable bonds is 6. The van der Waals surface area contributed by atoms with Gasteiger partial charge in [-0.25, -0.2) is 4.79 Å². The Morgan fingerprint density at radius 3 is 2.52 bits per heavy atom. The Morgan fingerprint density at radius 2 is 1.96 bits per heavy atom. The Labute approximate surface area is 133 Å². The van der Waals surface area contributed by atoms with Crippen LogP contribution in [-0.2, 0) is 6.42 Å². The highest BCUT2D eigenvalue weighted by atomic mass is 19.4. The second-order valence-electron chi connectivity index (χ2n) is 6.20. The number of hydrogen-bond donors (Lipinski definition) is 3. The lowest BCUT2D eigenvalue weighted by Gasteiger charge is -2.29. The van der Waals surface area contributed by atoms with E-state index >= 15 is 0 Å². The number of aliphatic hydroxyl groups is 1. The van der Waals surface area contributed by atoms with Crippen molar-refractivity contribution in [2.45, 2.75) is 44.3 Å². The molecule has 1 atom stereocenters. The summed E-state index contributed by atoms with van der Waals surface area (Å²) in [5.41, 5.74) is 0.0767. The third-order valence-electron chi connectivity index (χ3n) is 4.15. The number of carbonyl (C=O) groups is 1. The van der Waals surface area contributed by atoms with Gasteiger partial charge in [0.25, 0.3) is 0 Å². The van der Waals surface area contributed by atoms with E-state index in [9.17, 15) is 23.1 Å². The first-order chi connectivity index (χ1) is 10.7. The number of anilines is 1. The molecule has 0 bridgehead atoms. The van der Waals surface area contributed by atoms with Crippen LogP contribution in [0.25, 0.3) is 0 Å². The molecule has 0 saturated heterocycles. The minimum atomic E-state index is -4.24. The number of para-hydroxylation sites is 1. The molecule has 2 amide bonds. The average Bonchev–Trinajstić information content (AvgIpc) is 3.30. The van der Waals surface area contributed by atoms with Gasteiger partial charge in [-0.1, -0.05) is 18.2 Å². The monoisotopic (exact) mass is 330 g/mol. The van der Waals surface area contributed by atoms with Crippen LogP contribution in [0.15, 0.2) is 24.3 Å². The molecule has 0 radical (unpaired) electrons. The third-order valence-corrected chi connectivity index (χ3v) is 4.15. The Balaban J connectivity index is 2.00. The highest BCUT2D eigenvalue weighted by Gasteiger charge is 2.42. The van der Waals surface area contributed by atoms with Crippen LogP contribution < -0.4 is 10.6 Å². The lowest BCUT2D eigenvalue weighted by Crippen LogP contribution is -2.52. The van der Waals surface area contributed by atoms with Crippen molar-refractivity contribution in [1.82, 2.24) is 5.32 Å². The number of alkyl halides is 3. The smallest absolute Gasteiger partial charge is 0.389 e. The summed E-state index contributed by atoms with van der Waals surface area (Å²) in [7, 11) is 0. The lowest BCUT2D eigenvalue weighted by molar-refractivity contribution is -0.133. The highest BCUT2D eigenvalue weighted by molar-refractivity contribution is 5.90. The van der Waals surface area contributed by atoms with Crippen LogP contribution in [-0.4, -0.2) is 29.5 Å². The van der Waals surface area contributed by atoms with Gasteiger partial charge in [-0.15, -0.1) is 0 Å². The molecule has 7 heteroatoms. The van der Waals surface area contributed by atoms with E-state index in [2.05, 4.69) is 10.6 Å². The van der Waals surface area contributed by atoms with E-state index in [-0.39, 0.29) is 18.9 Å². The number of benzene rings is 1. The maximum absolute atomic E-state index is 12.4. The van der Waals surface area contributed by atoms with Gasteiger partial charge in [-0.05, 0) is 43.7 Å². The van der Waals surface area contributed by atoms with Crippen molar-refractivity contribution < 1.29 is 23.1 Å². The second-order valence-corrected chi connectivity index (χ2v) is 6.20. The number of aliphatic hydroxyl groups excluding tert-OH is 1. The first kappa shape index (κ1) is 17.6. The summed E-state index contributed by atoms with van der Waals surface area (Å²) in [5.74, 6) is 0.235. The molecule has 1 fully saturated rings. The summed E-state index contributed by atoms with van der Waals surface area (Å²) in [6.07, 6.45) is -3.49. The van der Waals surface area contributed by atoms with Gasteiger partial charge in [0.05, 0.1) is 12.1 Å². The van der Waals surface area contributed by atoms with Gasteiger partial charge in [0.15, 0.2) is 0 Å². The molecule has 1 saturated carbocycles. The largest absolute Gasteiger partial charge is 0.394 e. The zero-order valence-electron chi connectivity index (χ0n) is 12.9. The maximum Gasteiger partial charge on any atom is 0.389 e. The quantitative estimate of drug-likeness (QED) is 0.748. The van der Waals surface area contributed by atoms with E-state index < -0.39 is 24.2 Å². The topological polar surface area (TPSA) is 61.4 Å². The fraction of sp³-hybridized carbons (Fsp3) is 0.562. The molecule has 1 aromatic rings. The summed E-state index contributed by atoms with van der Waals surface area (Å²) in [4.78, 5) is 12.1. The van der Waals surface area contributed by atoms with Gasteiger partial charge in [-0.3, -0.25) is 0 Å². The van der Waals surface area contributed by atoms with Crippen LogP contribution in [0.1, 0.15) is 31.7 Å². The van der Waals surface area contributed by atoms with E-state index in [0.717, 1.165) is 12.8 Å². The van der Waals surface area contributed by atoms with Gasteiger partial charge in [-0.2, -0.15) is 13.2 Å². The predicted molar refractivity (Wildman–Crippen MR) is 81.2 cm³/mol. The fourth-order valence-electron chi connectivity index (χ4n) is 2.54. The molecular weight excluding hydrogens is 309 g/mol. The molecule has 3 N–H and O–H groups in total. The van der Waals surface area contributed by atoms with Crippen LogP contribution in [0, 0.1) is 5.92 Å². The fourth-order valence-corrected chi connectivity index (χ4v) is 2.54. The van der Waals surface area contributed by atoms with Crippen LogP contribution in [0.4, 0.5) is 23.7 Å². The van der Waals surface area contributed by atoms with E-state index in [1.807, 2.05) is 0 Å². The van der Waals surface area contributed by atoms with Crippen molar-refractivity contribution in [3.8, 4) is 0 Å². The van der Waals surface area contributed by atoms with Crippen LogP contribution in [0.3, 0.4) is 0 Å². The van der Waals surface area contributed by atoms with Gasteiger partial charge >= 0.3 is 12.2 Å². The number of hydrogen-bond acceptors (Lipinski definition) is 2. The van der Waals surface area contributed by atoms with Gasteiger partial charge in [0.1, 0.15) is 0 Å². The van der Waals surface area contributed by atoms with Crippen LogP contribution in [0.5, 0.6) is 0 Å². The number of nitrogens with one attached hydrogen (secondary N) is 2. The van der Waals surface area contributed by atoms with Crippen molar-refractivity contribution in [1.29, 1.82) is 0 Å². The summed E-state index contributed by atoms with van der Waals surface area (Å²) >= 11 is 0. The Bertz CT molecular complexity index is 559. The van der Waals surface area contributed by atoms with Gasteiger partial charge in [0, 0.05) is 12.1 Å². The van der Waals surface area contributed by atoms with E-state index in [1.165, 1.54) is 0 Å². The number of aryl methyl sites for hydroxylation is 1. The zero-order valence-corrected chi connectivity index (χ0v) is 12.9. The van der Waals surface area contributed by atoms with E-state index in [4.69, 9.17) is 0 Å². The molecule has 0 heterocycles. The molecular formula is C16H21F3N2O2. The summed E-state index contributed by atoms with van der Waals surface area (Å²) in [6, 6.07) is 5.90. The first-order valence-electron chi connectivity index (χ1n) is 7.58. The average molecular weight is 330 g/mol. The minimum Gasteiger partial charge on any atom is -0.394 e. The van der Waals surface area contributed by atoms with Gasteiger partial charge in [0.2, 0.25) is 0 Å². The predicted octanol–water partition coefficient (Wildman–Crippen LogP) is 3.46. The molecule has 0 aromatic heterocycles. The molecule has 0 aliphatic heterocycles. The van der Waals surface area contributed by atoms with Gasteiger partial charge < -0.3 is 15.7 Å². The third kappa shape index (κ3) is 5.13. The maximum atomic E-state index is 12.4. The molecule has 4 nitrogen and oxygen atoms in total. The molecule has 1 aromatic carbocycles. The molecule has 1 aliphatic carbocycles. The Hall–Kier alpha value is -1.76. The van der Waals surface area contributed by atoms with E-state index in [1.54, 1.807) is 31.2 Å². The van der Waals surface area contributed by atoms with Crippen LogP contribution >= 0.6 is 0 Å². The molecule has 128 valence electrons. The Morgan fingerprint density at radius 1 is 1.30 bits per heavy atom. The van der Waals surface area contributed by atoms with Crippen molar-refractivity contribution in [3.05, 3.63) is 29.8 Å². The number of carbonyl (C=O) groups excluding carboxylic acids is 1. The molecule has 1 unspecified atom stereocenters. The zero-order chi connectivity index (χ0) is 17.1. The summed E-state index contributed by atoms with van der Waals surface area (Å²) < 4.78 is 37.1. The molecule has 1 aliphatic rings. The second kappa shape index (κ2) is 6.78. The standard InChI is InChI=1S/C16H21F3N2O2/c1-15(10-22,12-6-7-12)21-14(23)20-13-5-3-2-4-11(13)8-9-16(17,18)19/h2-5,12,22H,6-10H2,1H3,(H2,20,21,23). The highest BCUT2D eigenvalue weighted by Crippen LogP contribution is 2.39. The molecule has 23 heavy (non-hydrogen) atoms. The first-order valence-corrected chi connectivity index (χ1v) is 7.58. The van der Waals surface area contributed by atoms with Crippen molar-refractivity contribution in [2.24, 2.45) is 5.92 Å². The SMILES string of the molecule is CC(CO)(NC(=O)Nc1ccccc1CCC(F)(F)F)C1CC1. The number of halogens is 3. The lowest BCUT2D eigenvalue weighted by atomic mass is 9.97. The van der Waals surface area contributed by atoms with Crippen molar-refractivity contribution >= 4 is 11.7 Å². The molecule has 2 rings (SSSR count). The summed E-state index contributed by atoms with van der Waals surface area (Å²) in [6.45, 7) is 1.58. The Kier molecular flexibility index (Phi) is 5.19. The summed E-state index contributed by atoms with van der Waals surface area (Å²) in [5, 5.41) is 14.8. The van der Waals surface area contributed by atoms with Crippen molar-refractivity contribution in [3.63, 3.8) is 0 Å². The van der Waals surface area contributed by atoms with Crippen LogP contribution in [0.2, 0.25) is 0 Å². The molecule has 0 spiro atoms. The van der Waals surface area contributed by atoms with Crippen molar-refractivity contribution in [2.75, 3.05) is 11.9 Å². The number of urea groups is 1. The normalized spacial score (nSPS) is 17.4. The minimum absolute atomic E-state index is 0.180.